The van der Waals surface area contributed by atoms with Crippen LogP contribution in [0.15, 0.2) is 35.7 Å². The summed E-state index contributed by atoms with van der Waals surface area (Å²) in [6.45, 7) is 3.52. The molecule has 1 amide bonds. The van der Waals surface area contributed by atoms with Crippen LogP contribution in [0, 0.1) is 5.92 Å². The third-order valence-electron chi connectivity index (χ3n) is 3.16. The minimum Gasteiger partial charge on any atom is -0.480 e. The monoisotopic (exact) mass is 318 g/mol. The quantitative estimate of drug-likeness (QED) is 0.858. The highest BCUT2D eigenvalue weighted by atomic mass is 32.1. The molecule has 0 aliphatic rings. The van der Waals surface area contributed by atoms with E-state index in [9.17, 15) is 9.59 Å². The smallest absolute Gasteiger partial charge is 0.326 e. The largest absolute Gasteiger partial charge is 0.480 e. The van der Waals surface area contributed by atoms with Crippen LogP contribution >= 0.6 is 11.3 Å². The van der Waals surface area contributed by atoms with Crippen LogP contribution in [0.25, 0.3) is 10.6 Å². The van der Waals surface area contributed by atoms with E-state index < -0.39 is 12.0 Å². The molecular formula is C16H18N2O3S. The third-order valence-corrected chi connectivity index (χ3v) is 4.10. The molecule has 1 heterocycles. The van der Waals surface area contributed by atoms with Gasteiger partial charge in [0.15, 0.2) is 0 Å². The average Bonchev–Trinajstić information content (AvgIpc) is 2.93. The Morgan fingerprint density at radius 2 is 1.95 bits per heavy atom. The van der Waals surface area contributed by atoms with Gasteiger partial charge in [-0.1, -0.05) is 44.2 Å². The number of thiazole rings is 1. The van der Waals surface area contributed by atoms with Gasteiger partial charge in [-0.05, 0) is 5.92 Å². The third kappa shape index (κ3) is 4.14. The van der Waals surface area contributed by atoms with Gasteiger partial charge in [0, 0.05) is 10.9 Å². The highest BCUT2D eigenvalue weighted by Crippen LogP contribution is 2.23. The zero-order chi connectivity index (χ0) is 16.1. The number of amides is 1. The first-order chi connectivity index (χ1) is 10.5. The predicted molar refractivity (Wildman–Crippen MR) is 85.7 cm³/mol. The van der Waals surface area contributed by atoms with Crippen molar-refractivity contribution in [1.82, 2.24) is 10.3 Å². The SMILES string of the molecule is CC(C)C(NC(=O)Cc1csc(-c2ccccc2)n1)C(=O)O. The lowest BCUT2D eigenvalue weighted by molar-refractivity contribution is -0.143. The van der Waals surface area contributed by atoms with E-state index in [2.05, 4.69) is 10.3 Å². The minimum atomic E-state index is -1.02. The molecule has 5 nitrogen and oxygen atoms in total. The van der Waals surface area contributed by atoms with Gasteiger partial charge in [0.05, 0.1) is 12.1 Å². The van der Waals surface area contributed by atoms with Gasteiger partial charge in [-0.15, -0.1) is 11.3 Å². The van der Waals surface area contributed by atoms with Crippen molar-refractivity contribution in [2.75, 3.05) is 0 Å². The van der Waals surface area contributed by atoms with Crippen molar-refractivity contribution in [2.24, 2.45) is 5.92 Å². The van der Waals surface area contributed by atoms with Gasteiger partial charge in [-0.25, -0.2) is 9.78 Å². The van der Waals surface area contributed by atoms with Gasteiger partial charge in [0.2, 0.25) is 5.91 Å². The molecular weight excluding hydrogens is 300 g/mol. The molecule has 0 saturated heterocycles. The van der Waals surface area contributed by atoms with Gasteiger partial charge >= 0.3 is 5.97 Å². The standard InChI is InChI=1S/C16H18N2O3S/c1-10(2)14(16(20)21)18-13(19)8-12-9-22-15(17-12)11-6-4-3-5-7-11/h3-7,9-10,14H,8H2,1-2H3,(H,18,19)(H,20,21). The molecule has 0 radical (unpaired) electrons. The zero-order valence-electron chi connectivity index (χ0n) is 12.4. The maximum atomic E-state index is 12.0. The van der Waals surface area contributed by atoms with E-state index >= 15 is 0 Å². The molecule has 22 heavy (non-hydrogen) atoms. The number of carbonyl (C=O) groups excluding carboxylic acids is 1. The fraction of sp³-hybridized carbons (Fsp3) is 0.312. The maximum Gasteiger partial charge on any atom is 0.326 e. The molecule has 116 valence electrons. The second-order valence-corrected chi connectivity index (χ2v) is 6.17. The van der Waals surface area contributed by atoms with Crippen molar-refractivity contribution >= 4 is 23.2 Å². The minimum absolute atomic E-state index is 0.0832. The maximum absolute atomic E-state index is 12.0. The Balaban J connectivity index is 2.01. The highest BCUT2D eigenvalue weighted by molar-refractivity contribution is 7.13. The molecule has 0 aliphatic carbocycles. The van der Waals surface area contributed by atoms with Crippen molar-refractivity contribution in [2.45, 2.75) is 26.3 Å². The molecule has 1 aromatic heterocycles. The molecule has 2 N–H and O–H groups in total. The lowest BCUT2D eigenvalue weighted by Gasteiger charge is -2.17. The molecule has 1 unspecified atom stereocenters. The number of nitrogens with zero attached hydrogens (tertiary/aromatic N) is 1. The Morgan fingerprint density at radius 3 is 2.55 bits per heavy atom. The highest BCUT2D eigenvalue weighted by Gasteiger charge is 2.23. The summed E-state index contributed by atoms with van der Waals surface area (Å²) >= 11 is 1.47. The van der Waals surface area contributed by atoms with Gasteiger partial charge in [-0.3, -0.25) is 4.79 Å². The summed E-state index contributed by atoms with van der Waals surface area (Å²) in [5.74, 6) is -1.52. The van der Waals surface area contributed by atoms with Gasteiger partial charge in [-0.2, -0.15) is 0 Å². The van der Waals surface area contributed by atoms with Crippen molar-refractivity contribution in [3.8, 4) is 10.6 Å². The molecule has 1 aromatic carbocycles. The first-order valence-electron chi connectivity index (χ1n) is 6.99. The van der Waals surface area contributed by atoms with Crippen molar-refractivity contribution < 1.29 is 14.7 Å². The summed E-state index contributed by atoms with van der Waals surface area (Å²) in [5, 5.41) is 14.3. The van der Waals surface area contributed by atoms with Crippen molar-refractivity contribution in [1.29, 1.82) is 0 Å². The molecule has 0 fully saturated rings. The Labute approximate surface area is 133 Å². The van der Waals surface area contributed by atoms with E-state index in [4.69, 9.17) is 5.11 Å². The number of carbonyl (C=O) groups is 2. The Bertz CT molecular complexity index is 652. The van der Waals surface area contributed by atoms with E-state index in [1.807, 2.05) is 35.7 Å². The van der Waals surface area contributed by atoms with Crippen LogP contribution in [-0.4, -0.2) is 28.0 Å². The molecule has 0 saturated carbocycles. The van der Waals surface area contributed by atoms with E-state index in [0.29, 0.717) is 5.69 Å². The first-order valence-corrected chi connectivity index (χ1v) is 7.87. The fourth-order valence-corrected chi connectivity index (χ4v) is 2.83. The average molecular weight is 318 g/mol. The van der Waals surface area contributed by atoms with Crippen LogP contribution in [0.4, 0.5) is 0 Å². The van der Waals surface area contributed by atoms with Crippen LogP contribution in [0.3, 0.4) is 0 Å². The summed E-state index contributed by atoms with van der Waals surface area (Å²) in [5.41, 5.74) is 1.65. The van der Waals surface area contributed by atoms with E-state index in [1.54, 1.807) is 13.8 Å². The lowest BCUT2D eigenvalue weighted by atomic mass is 10.0. The molecule has 0 aliphatic heterocycles. The molecule has 2 rings (SSSR count). The number of carboxylic acids is 1. The molecule has 0 spiro atoms. The Hall–Kier alpha value is -2.21. The molecule has 2 aromatic rings. The normalized spacial score (nSPS) is 12.1. The topological polar surface area (TPSA) is 79.3 Å². The number of rotatable bonds is 6. The van der Waals surface area contributed by atoms with Crippen LogP contribution in [0.5, 0.6) is 0 Å². The van der Waals surface area contributed by atoms with E-state index in [1.165, 1.54) is 11.3 Å². The number of hydrogen-bond acceptors (Lipinski definition) is 4. The van der Waals surface area contributed by atoms with Crippen LogP contribution in [0.2, 0.25) is 0 Å². The second-order valence-electron chi connectivity index (χ2n) is 5.31. The van der Waals surface area contributed by atoms with Crippen molar-refractivity contribution in [3.63, 3.8) is 0 Å². The second kappa shape index (κ2) is 7.17. The van der Waals surface area contributed by atoms with Crippen LogP contribution in [-0.2, 0) is 16.0 Å². The van der Waals surface area contributed by atoms with Gasteiger partial charge in [0.25, 0.3) is 0 Å². The summed E-state index contributed by atoms with van der Waals surface area (Å²) in [6.07, 6.45) is 0.0832. The van der Waals surface area contributed by atoms with Crippen LogP contribution in [0.1, 0.15) is 19.5 Å². The predicted octanol–water partition coefficient (Wildman–Crippen LogP) is 2.58. The lowest BCUT2D eigenvalue weighted by Crippen LogP contribution is -2.44. The fourth-order valence-electron chi connectivity index (χ4n) is 2.00. The number of aliphatic carboxylic acids is 1. The number of nitrogens with one attached hydrogen (secondary N) is 1. The Morgan fingerprint density at radius 1 is 1.27 bits per heavy atom. The number of benzene rings is 1. The summed E-state index contributed by atoms with van der Waals surface area (Å²) in [6, 6.07) is 8.85. The van der Waals surface area contributed by atoms with E-state index in [0.717, 1.165) is 10.6 Å². The van der Waals surface area contributed by atoms with E-state index in [-0.39, 0.29) is 18.2 Å². The zero-order valence-corrected chi connectivity index (χ0v) is 13.3. The summed E-state index contributed by atoms with van der Waals surface area (Å²) in [7, 11) is 0. The Kier molecular flexibility index (Phi) is 5.27. The molecule has 0 bridgehead atoms. The summed E-state index contributed by atoms with van der Waals surface area (Å²) < 4.78 is 0. The first kappa shape index (κ1) is 16.2. The number of carboxylic acid groups (broad SMARTS) is 1. The summed E-state index contributed by atoms with van der Waals surface area (Å²) in [4.78, 5) is 27.5. The van der Waals surface area contributed by atoms with Gasteiger partial charge in [0.1, 0.15) is 11.0 Å². The number of hydrogen-bond donors (Lipinski definition) is 2. The number of aromatic nitrogens is 1. The van der Waals surface area contributed by atoms with Crippen LogP contribution < -0.4 is 5.32 Å². The molecule has 6 heteroatoms. The van der Waals surface area contributed by atoms with Gasteiger partial charge < -0.3 is 10.4 Å². The molecule has 1 atom stereocenters. The van der Waals surface area contributed by atoms with Crippen molar-refractivity contribution in [3.05, 3.63) is 41.4 Å².